The van der Waals surface area contributed by atoms with Gasteiger partial charge in [0.25, 0.3) is 0 Å². The molecule has 0 rings (SSSR count). The molecule has 0 saturated heterocycles. The van der Waals surface area contributed by atoms with Crippen LogP contribution in [0.3, 0.4) is 0 Å². The zero-order valence-corrected chi connectivity index (χ0v) is 12.2. The molecular formula is C15H29NO. The average Bonchev–Trinajstić information content (AvgIpc) is 2.25. The molecule has 2 nitrogen and oxygen atoms in total. The summed E-state index contributed by atoms with van der Waals surface area (Å²) in [5, 5.41) is 0. The van der Waals surface area contributed by atoms with Gasteiger partial charge in [-0.2, -0.15) is 0 Å². The minimum atomic E-state index is 0.828. The molecule has 0 saturated carbocycles. The van der Waals surface area contributed by atoms with Gasteiger partial charge >= 0.3 is 0 Å². The van der Waals surface area contributed by atoms with E-state index in [9.17, 15) is 0 Å². The van der Waals surface area contributed by atoms with Crippen molar-refractivity contribution in [3.05, 3.63) is 23.4 Å². The van der Waals surface area contributed by atoms with E-state index in [1.807, 2.05) is 6.20 Å². The topological polar surface area (TPSA) is 21.3 Å². The first-order chi connectivity index (χ1) is 8.06. The molecule has 17 heavy (non-hydrogen) atoms. The molecule has 0 radical (unpaired) electrons. The molecule has 0 aliphatic carbocycles. The van der Waals surface area contributed by atoms with E-state index in [4.69, 9.17) is 4.84 Å². The van der Waals surface area contributed by atoms with Gasteiger partial charge in [-0.15, -0.1) is 0 Å². The van der Waals surface area contributed by atoms with Gasteiger partial charge in [0, 0.05) is 6.20 Å². The van der Waals surface area contributed by atoms with Gasteiger partial charge in [0.1, 0.15) is 0 Å². The van der Waals surface area contributed by atoms with E-state index >= 15 is 0 Å². The maximum Gasteiger partial charge on any atom is 0.0636 e. The van der Waals surface area contributed by atoms with Crippen LogP contribution in [0, 0.1) is 5.92 Å². The second-order valence-corrected chi connectivity index (χ2v) is 5.17. The predicted octanol–water partition coefficient (Wildman–Crippen LogP) is 4.59. The molecule has 0 heterocycles. The third kappa shape index (κ3) is 11.5. The molecule has 1 unspecified atom stereocenters. The summed E-state index contributed by atoms with van der Waals surface area (Å²) in [6.45, 7) is 8.83. The Hall–Kier alpha value is -0.760. The van der Waals surface area contributed by atoms with Gasteiger partial charge in [0.15, 0.2) is 0 Å². The molecule has 0 aliphatic heterocycles. The van der Waals surface area contributed by atoms with Crippen molar-refractivity contribution in [2.24, 2.45) is 5.92 Å². The van der Waals surface area contributed by atoms with Gasteiger partial charge in [-0.3, -0.25) is 10.3 Å². The molecule has 100 valence electrons. The molecule has 0 fully saturated rings. The largest absolute Gasteiger partial charge is 0.280 e. The molecule has 0 bridgehead atoms. The summed E-state index contributed by atoms with van der Waals surface area (Å²) in [6.07, 6.45) is 10.5. The van der Waals surface area contributed by atoms with Crippen molar-refractivity contribution in [1.82, 2.24) is 5.48 Å². The quantitative estimate of drug-likeness (QED) is 0.469. The third-order valence-corrected chi connectivity index (χ3v) is 2.90. The maximum absolute atomic E-state index is 4.78. The second kappa shape index (κ2) is 10.4. The minimum absolute atomic E-state index is 0.828. The number of nitrogens with one attached hydrogen (secondary N) is 1. The van der Waals surface area contributed by atoms with Crippen molar-refractivity contribution in [2.45, 2.75) is 59.8 Å². The minimum Gasteiger partial charge on any atom is -0.280 e. The van der Waals surface area contributed by atoms with Crippen LogP contribution in [0.15, 0.2) is 23.4 Å². The van der Waals surface area contributed by atoms with E-state index < -0.39 is 0 Å². The Labute approximate surface area is 107 Å². The van der Waals surface area contributed by atoms with E-state index in [-0.39, 0.29) is 0 Å². The van der Waals surface area contributed by atoms with Gasteiger partial charge < -0.3 is 0 Å². The SMILES string of the molecule is CONC=C(C)CCCC(C)CCC=C(C)C. The summed E-state index contributed by atoms with van der Waals surface area (Å²) >= 11 is 0. The van der Waals surface area contributed by atoms with Gasteiger partial charge in [-0.1, -0.05) is 30.6 Å². The zero-order valence-electron chi connectivity index (χ0n) is 12.2. The first-order valence-corrected chi connectivity index (χ1v) is 6.63. The number of hydrogen-bond donors (Lipinski definition) is 1. The molecule has 0 amide bonds. The molecule has 1 N–H and O–H groups in total. The molecule has 0 aromatic heterocycles. The van der Waals surface area contributed by atoms with Crippen LogP contribution in [-0.4, -0.2) is 7.11 Å². The van der Waals surface area contributed by atoms with E-state index in [0.29, 0.717) is 0 Å². The van der Waals surface area contributed by atoms with Crippen molar-refractivity contribution in [2.75, 3.05) is 7.11 Å². The summed E-state index contributed by atoms with van der Waals surface area (Å²) in [5.74, 6) is 0.828. The summed E-state index contributed by atoms with van der Waals surface area (Å²) in [6, 6.07) is 0. The molecule has 1 atom stereocenters. The fraction of sp³-hybridized carbons (Fsp3) is 0.733. The Morgan fingerprint density at radius 1 is 1.24 bits per heavy atom. The van der Waals surface area contributed by atoms with Crippen molar-refractivity contribution in [3.63, 3.8) is 0 Å². The fourth-order valence-corrected chi connectivity index (χ4v) is 1.76. The molecule has 0 aliphatic rings. The molecule has 0 spiro atoms. The first kappa shape index (κ1) is 16.2. The van der Waals surface area contributed by atoms with Crippen LogP contribution in [0.4, 0.5) is 0 Å². The van der Waals surface area contributed by atoms with Crippen LogP contribution in [0.2, 0.25) is 0 Å². The number of hydrogen-bond acceptors (Lipinski definition) is 2. The first-order valence-electron chi connectivity index (χ1n) is 6.63. The Bertz CT molecular complexity index is 239. The van der Waals surface area contributed by atoms with Crippen LogP contribution in [0.25, 0.3) is 0 Å². The van der Waals surface area contributed by atoms with Gasteiger partial charge in [0.05, 0.1) is 7.11 Å². The van der Waals surface area contributed by atoms with Crippen molar-refractivity contribution < 1.29 is 4.84 Å². The van der Waals surface area contributed by atoms with Crippen molar-refractivity contribution in [3.8, 4) is 0 Å². The zero-order chi connectivity index (χ0) is 13.1. The Morgan fingerprint density at radius 2 is 1.94 bits per heavy atom. The number of rotatable bonds is 9. The highest BCUT2D eigenvalue weighted by Gasteiger charge is 2.01. The van der Waals surface area contributed by atoms with Crippen LogP contribution < -0.4 is 5.48 Å². The smallest absolute Gasteiger partial charge is 0.0636 e. The maximum atomic E-state index is 4.78. The Morgan fingerprint density at radius 3 is 2.53 bits per heavy atom. The average molecular weight is 239 g/mol. The number of hydroxylamine groups is 1. The molecule has 0 aromatic carbocycles. The lowest BCUT2D eigenvalue weighted by molar-refractivity contribution is 0.127. The van der Waals surface area contributed by atoms with Gasteiger partial charge in [0.2, 0.25) is 0 Å². The molecule has 0 aromatic rings. The third-order valence-electron chi connectivity index (χ3n) is 2.90. The highest BCUT2D eigenvalue weighted by molar-refractivity contribution is 4.95. The van der Waals surface area contributed by atoms with E-state index in [2.05, 4.69) is 39.3 Å². The van der Waals surface area contributed by atoms with Crippen molar-refractivity contribution >= 4 is 0 Å². The lowest BCUT2D eigenvalue weighted by Gasteiger charge is -2.10. The van der Waals surface area contributed by atoms with Gasteiger partial charge in [-0.05, 0) is 52.4 Å². The van der Waals surface area contributed by atoms with E-state index in [1.54, 1.807) is 7.11 Å². The van der Waals surface area contributed by atoms with E-state index in [0.717, 1.165) is 12.3 Å². The number of allylic oxidation sites excluding steroid dienone is 3. The normalized spacial score (nSPS) is 13.4. The lowest BCUT2D eigenvalue weighted by Crippen LogP contribution is -2.02. The highest BCUT2D eigenvalue weighted by Crippen LogP contribution is 2.16. The van der Waals surface area contributed by atoms with E-state index in [1.165, 1.54) is 36.8 Å². The summed E-state index contributed by atoms with van der Waals surface area (Å²) in [4.78, 5) is 4.78. The molecule has 2 heteroatoms. The summed E-state index contributed by atoms with van der Waals surface area (Å²) in [7, 11) is 1.63. The van der Waals surface area contributed by atoms with Crippen LogP contribution >= 0.6 is 0 Å². The predicted molar refractivity (Wildman–Crippen MR) is 75.6 cm³/mol. The van der Waals surface area contributed by atoms with Crippen LogP contribution in [0.1, 0.15) is 59.8 Å². The van der Waals surface area contributed by atoms with Gasteiger partial charge in [-0.25, -0.2) is 0 Å². The summed E-state index contributed by atoms with van der Waals surface area (Å²) < 4.78 is 0. The second-order valence-electron chi connectivity index (χ2n) is 5.17. The fourth-order valence-electron chi connectivity index (χ4n) is 1.76. The van der Waals surface area contributed by atoms with Crippen molar-refractivity contribution in [1.29, 1.82) is 0 Å². The Kier molecular flexibility index (Phi) is 9.93. The highest BCUT2D eigenvalue weighted by atomic mass is 16.6. The summed E-state index contributed by atoms with van der Waals surface area (Å²) in [5.41, 5.74) is 5.55. The lowest BCUT2D eigenvalue weighted by atomic mass is 9.97. The monoisotopic (exact) mass is 239 g/mol. The Balaban J connectivity index is 3.57. The van der Waals surface area contributed by atoms with Crippen LogP contribution in [0.5, 0.6) is 0 Å². The van der Waals surface area contributed by atoms with Crippen LogP contribution in [-0.2, 0) is 4.84 Å². The standard InChI is InChI=1S/C15H29NO/c1-13(2)8-6-9-14(3)10-7-11-15(4)12-16-17-5/h8,12,14,16H,6-7,9-11H2,1-5H3. The molecular weight excluding hydrogens is 210 g/mol.